The molecule has 0 amide bonds. The number of H-pyrrole nitrogens is 2. The minimum atomic E-state index is -0.0432. The van der Waals surface area contributed by atoms with Crippen molar-refractivity contribution in [1.82, 2.24) is 9.97 Å². The lowest BCUT2D eigenvalue weighted by atomic mass is 9.82. The molecule has 35 heavy (non-hydrogen) atoms. The summed E-state index contributed by atoms with van der Waals surface area (Å²) in [5.41, 5.74) is 14.0. The second-order valence-electron chi connectivity index (χ2n) is 8.82. The Balaban J connectivity index is 1.63. The number of rotatable bonds is 6. The maximum Gasteiger partial charge on any atom is 0.150 e. The number of anilines is 1. The number of aromatic amines is 2. The van der Waals surface area contributed by atoms with E-state index in [0.29, 0.717) is 11.4 Å². The lowest BCUT2D eigenvalue weighted by Gasteiger charge is -2.22. The predicted molar refractivity (Wildman–Crippen MR) is 144 cm³/mol. The van der Waals surface area contributed by atoms with Crippen LogP contribution in [0.15, 0.2) is 103 Å². The van der Waals surface area contributed by atoms with Crippen LogP contribution in [0.5, 0.6) is 11.5 Å². The van der Waals surface area contributed by atoms with Crippen molar-refractivity contribution in [3.63, 3.8) is 0 Å². The molecule has 4 N–H and O–H groups in total. The van der Waals surface area contributed by atoms with Gasteiger partial charge in [-0.15, -0.1) is 0 Å². The zero-order chi connectivity index (χ0) is 23.8. The van der Waals surface area contributed by atoms with Crippen LogP contribution in [-0.2, 0) is 6.42 Å². The zero-order valence-electron chi connectivity index (χ0n) is 19.6. The SMILES string of the molecule is CCc1[nH]c2ccccc2c1[C@@H](c1ccccc1Oc1ccccc1N)c1c[nH]c2ccccc12. The molecule has 6 rings (SSSR count). The summed E-state index contributed by atoms with van der Waals surface area (Å²) in [6.07, 6.45) is 3.04. The molecule has 4 aromatic carbocycles. The minimum absolute atomic E-state index is 0.0432. The van der Waals surface area contributed by atoms with Gasteiger partial charge in [-0.3, -0.25) is 0 Å². The molecule has 0 unspecified atom stereocenters. The number of fused-ring (bicyclic) bond motifs is 2. The molecule has 0 saturated carbocycles. The summed E-state index contributed by atoms with van der Waals surface area (Å²) in [4.78, 5) is 7.17. The van der Waals surface area contributed by atoms with Gasteiger partial charge in [0.15, 0.2) is 0 Å². The van der Waals surface area contributed by atoms with Gasteiger partial charge in [-0.25, -0.2) is 0 Å². The number of para-hydroxylation sites is 5. The van der Waals surface area contributed by atoms with Crippen molar-refractivity contribution in [1.29, 1.82) is 0 Å². The quantitative estimate of drug-likeness (QED) is 0.224. The number of hydrogen-bond donors (Lipinski definition) is 3. The normalized spacial score (nSPS) is 12.3. The van der Waals surface area contributed by atoms with Gasteiger partial charge in [0, 0.05) is 45.2 Å². The molecule has 2 aromatic heterocycles. The second-order valence-corrected chi connectivity index (χ2v) is 8.82. The van der Waals surface area contributed by atoms with Crippen molar-refractivity contribution < 1.29 is 4.74 Å². The van der Waals surface area contributed by atoms with Crippen molar-refractivity contribution in [3.05, 3.63) is 126 Å². The van der Waals surface area contributed by atoms with Crippen LogP contribution in [-0.4, -0.2) is 9.97 Å². The Bertz CT molecular complexity index is 1640. The summed E-state index contributed by atoms with van der Waals surface area (Å²) in [6.45, 7) is 2.20. The second kappa shape index (κ2) is 8.73. The fourth-order valence-corrected chi connectivity index (χ4v) is 5.14. The third kappa shape index (κ3) is 3.64. The number of hydrogen-bond acceptors (Lipinski definition) is 2. The zero-order valence-corrected chi connectivity index (χ0v) is 19.6. The highest BCUT2D eigenvalue weighted by molar-refractivity contribution is 5.90. The molecule has 0 bridgehead atoms. The molecule has 4 heteroatoms. The van der Waals surface area contributed by atoms with Gasteiger partial charge in [-0.1, -0.05) is 73.7 Å². The molecular formula is C31H27N3O. The largest absolute Gasteiger partial charge is 0.455 e. The van der Waals surface area contributed by atoms with Crippen molar-refractivity contribution in [2.45, 2.75) is 19.3 Å². The van der Waals surface area contributed by atoms with Crippen LogP contribution >= 0.6 is 0 Å². The number of aromatic nitrogens is 2. The highest BCUT2D eigenvalue weighted by Gasteiger charge is 2.28. The van der Waals surface area contributed by atoms with Crippen LogP contribution in [0.4, 0.5) is 5.69 Å². The van der Waals surface area contributed by atoms with Gasteiger partial charge in [-0.05, 0) is 47.9 Å². The molecule has 6 aromatic rings. The average molecular weight is 458 g/mol. The van der Waals surface area contributed by atoms with Crippen molar-refractivity contribution in [3.8, 4) is 11.5 Å². The third-order valence-corrected chi connectivity index (χ3v) is 6.77. The molecule has 1 atom stereocenters. The Morgan fingerprint density at radius 3 is 2.17 bits per heavy atom. The van der Waals surface area contributed by atoms with Crippen molar-refractivity contribution in [2.24, 2.45) is 0 Å². The number of ether oxygens (including phenoxy) is 1. The van der Waals surface area contributed by atoms with Gasteiger partial charge in [0.2, 0.25) is 0 Å². The first-order valence-electron chi connectivity index (χ1n) is 12.0. The van der Waals surface area contributed by atoms with Crippen LogP contribution in [0.3, 0.4) is 0 Å². The first kappa shape index (κ1) is 21.1. The Kier molecular flexibility index (Phi) is 5.27. The molecule has 0 radical (unpaired) electrons. The number of nitrogens with one attached hydrogen (secondary N) is 2. The monoisotopic (exact) mass is 457 g/mol. The van der Waals surface area contributed by atoms with Crippen LogP contribution in [0.2, 0.25) is 0 Å². The van der Waals surface area contributed by atoms with E-state index in [1.54, 1.807) is 0 Å². The van der Waals surface area contributed by atoms with E-state index in [1.807, 2.05) is 36.4 Å². The molecule has 0 spiro atoms. The summed E-state index contributed by atoms with van der Waals surface area (Å²) in [7, 11) is 0. The molecule has 4 nitrogen and oxygen atoms in total. The standard InChI is InChI=1S/C31H27N3O/c1-2-25-31(21-12-4-8-16-27(21)34-25)30(23-19-33-26-15-7-3-11-20(23)26)22-13-5-9-17-28(22)35-29-18-10-6-14-24(29)32/h3-19,30,33-34H,2,32H2,1H3/t30-/m0/s1. The van der Waals surface area contributed by atoms with Gasteiger partial charge in [0.25, 0.3) is 0 Å². The Morgan fingerprint density at radius 1 is 0.714 bits per heavy atom. The molecule has 0 aliphatic carbocycles. The summed E-state index contributed by atoms with van der Waals surface area (Å²) < 4.78 is 6.47. The minimum Gasteiger partial charge on any atom is -0.455 e. The van der Waals surface area contributed by atoms with E-state index >= 15 is 0 Å². The van der Waals surface area contributed by atoms with E-state index in [4.69, 9.17) is 10.5 Å². The fourth-order valence-electron chi connectivity index (χ4n) is 5.14. The lowest BCUT2D eigenvalue weighted by Crippen LogP contribution is -2.07. The molecule has 0 aliphatic heterocycles. The lowest BCUT2D eigenvalue weighted by molar-refractivity contribution is 0.477. The van der Waals surface area contributed by atoms with Gasteiger partial charge in [0.1, 0.15) is 11.5 Å². The maximum atomic E-state index is 6.47. The van der Waals surface area contributed by atoms with E-state index in [-0.39, 0.29) is 5.92 Å². The molecule has 2 heterocycles. The van der Waals surface area contributed by atoms with Gasteiger partial charge < -0.3 is 20.4 Å². The first-order chi connectivity index (χ1) is 17.2. The van der Waals surface area contributed by atoms with Crippen LogP contribution in [0.25, 0.3) is 21.8 Å². The van der Waals surface area contributed by atoms with Gasteiger partial charge >= 0.3 is 0 Å². The van der Waals surface area contributed by atoms with Crippen LogP contribution in [0, 0.1) is 0 Å². The Labute approximate surface area is 204 Å². The van der Waals surface area contributed by atoms with E-state index in [0.717, 1.165) is 28.8 Å². The van der Waals surface area contributed by atoms with E-state index < -0.39 is 0 Å². The topological polar surface area (TPSA) is 66.8 Å². The summed E-state index contributed by atoms with van der Waals surface area (Å²) in [6, 6.07) is 33.0. The fraction of sp³-hybridized carbons (Fsp3) is 0.0968. The third-order valence-electron chi connectivity index (χ3n) is 6.77. The number of nitrogens with two attached hydrogens (primary N) is 1. The van der Waals surface area contributed by atoms with E-state index in [9.17, 15) is 0 Å². The van der Waals surface area contributed by atoms with Crippen molar-refractivity contribution in [2.75, 3.05) is 5.73 Å². The number of benzene rings is 4. The molecular weight excluding hydrogens is 430 g/mol. The highest BCUT2D eigenvalue weighted by Crippen LogP contribution is 2.45. The van der Waals surface area contributed by atoms with E-state index in [2.05, 4.69) is 83.8 Å². The molecule has 172 valence electrons. The smallest absolute Gasteiger partial charge is 0.150 e. The highest BCUT2D eigenvalue weighted by atomic mass is 16.5. The van der Waals surface area contributed by atoms with E-state index in [1.165, 1.54) is 27.6 Å². The number of aryl methyl sites for hydroxylation is 1. The molecule has 0 aliphatic rings. The van der Waals surface area contributed by atoms with Crippen LogP contribution in [0.1, 0.15) is 35.2 Å². The molecule has 0 saturated heterocycles. The Morgan fingerprint density at radius 2 is 1.37 bits per heavy atom. The van der Waals surface area contributed by atoms with Gasteiger partial charge in [0.05, 0.1) is 5.69 Å². The van der Waals surface area contributed by atoms with Gasteiger partial charge in [-0.2, -0.15) is 0 Å². The van der Waals surface area contributed by atoms with Crippen molar-refractivity contribution >= 4 is 27.5 Å². The predicted octanol–water partition coefficient (Wildman–Crippen LogP) is 7.77. The number of nitrogen functional groups attached to an aromatic ring is 1. The first-order valence-corrected chi connectivity index (χ1v) is 12.0. The average Bonchev–Trinajstić information content (AvgIpc) is 3.49. The Hall–Kier alpha value is -4.44. The molecule has 0 fully saturated rings. The summed E-state index contributed by atoms with van der Waals surface area (Å²) in [5.74, 6) is 1.42. The van der Waals surface area contributed by atoms with Crippen LogP contribution < -0.4 is 10.5 Å². The maximum absolute atomic E-state index is 6.47. The summed E-state index contributed by atoms with van der Waals surface area (Å²) in [5, 5.41) is 2.44. The summed E-state index contributed by atoms with van der Waals surface area (Å²) >= 11 is 0.